The van der Waals surface area contributed by atoms with Gasteiger partial charge in [0.25, 0.3) is 0 Å². The third kappa shape index (κ3) is 7.18. The summed E-state index contributed by atoms with van der Waals surface area (Å²) < 4.78 is 16.9. The smallest absolute Gasteiger partial charge is 0.166 e. The van der Waals surface area contributed by atoms with Gasteiger partial charge in [0.2, 0.25) is 0 Å². The van der Waals surface area contributed by atoms with Gasteiger partial charge in [-0.2, -0.15) is 0 Å². The van der Waals surface area contributed by atoms with Crippen LogP contribution in [-0.2, 0) is 13.2 Å². The van der Waals surface area contributed by atoms with Crippen molar-refractivity contribution >= 4 is 23.1 Å². The topological polar surface area (TPSA) is 74.0 Å². The van der Waals surface area contributed by atoms with Gasteiger partial charge in [-0.1, -0.05) is 48.0 Å². The van der Waals surface area contributed by atoms with E-state index in [4.69, 9.17) is 31.5 Å². The molecule has 0 aromatic heterocycles. The monoisotopic (exact) mass is 522 g/mol. The van der Waals surface area contributed by atoms with Gasteiger partial charge in [0.15, 0.2) is 17.3 Å². The van der Waals surface area contributed by atoms with Crippen molar-refractivity contribution in [3.63, 3.8) is 0 Å². The van der Waals surface area contributed by atoms with E-state index in [2.05, 4.69) is 29.2 Å². The lowest BCUT2D eigenvalue weighted by atomic mass is 9.90. The zero-order valence-corrected chi connectivity index (χ0v) is 22.3. The van der Waals surface area contributed by atoms with Crippen molar-refractivity contribution in [2.24, 2.45) is 5.92 Å². The lowest BCUT2D eigenvalue weighted by molar-refractivity contribution is 0.0958. The summed E-state index contributed by atoms with van der Waals surface area (Å²) in [5, 5.41) is 0.379. The number of anilines is 1. The molecule has 0 aliphatic carbocycles. The quantitative estimate of drug-likeness (QED) is 0.232. The summed E-state index contributed by atoms with van der Waals surface area (Å²) >= 11 is 6.14. The first kappa shape index (κ1) is 26.8. The van der Waals surface area contributed by atoms with Crippen LogP contribution in [-0.4, -0.2) is 38.0 Å². The molecule has 1 fully saturated rings. The Labute approximate surface area is 224 Å². The number of likely N-dealkylation sites (tertiary alicyclic amines) is 1. The molecule has 0 saturated carbocycles. The molecule has 1 aliphatic heterocycles. The van der Waals surface area contributed by atoms with Crippen LogP contribution in [0.2, 0.25) is 5.02 Å². The number of benzene rings is 3. The molecule has 7 heteroatoms. The number of methoxy groups -OCH3 is 2. The van der Waals surface area contributed by atoms with Gasteiger partial charge in [-0.3, -0.25) is 9.69 Å². The second-order valence-corrected chi connectivity index (χ2v) is 9.92. The Morgan fingerprint density at radius 1 is 0.946 bits per heavy atom. The summed E-state index contributed by atoms with van der Waals surface area (Å²) in [6.45, 7) is 3.36. The molecule has 1 aliphatic rings. The molecule has 0 bridgehead atoms. The van der Waals surface area contributed by atoms with Crippen molar-refractivity contribution in [3.8, 4) is 17.2 Å². The summed E-state index contributed by atoms with van der Waals surface area (Å²) in [6.07, 6.45) is 3.47. The highest BCUT2D eigenvalue weighted by molar-refractivity contribution is 6.33. The third-order valence-electron chi connectivity index (χ3n) is 6.98. The van der Waals surface area contributed by atoms with Crippen LogP contribution in [0.15, 0.2) is 60.7 Å². The maximum Gasteiger partial charge on any atom is 0.166 e. The largest absolute Gasteiger partial charge is 0.496 e. The van der Waals surface area contributed by atoms with E-state index < -0.39 is 0 Å². The standard InChI is InChI=1S/C30H35ClN2O4/c1-35-28-11-9-23(16-30(28)37-20-22-6-4-3-5-7-22)19-33-14-12-21(13-15-33)8-10-27(34)24-17-25(31)26(32)18-29(24)36-2/h3-7,9,11,16-18,21H,8,10,12-15,19-20,32H2,1-2H3. The number of carbonyl (C=O) groups is 1. The molecule has 0 radical (unpaired) electrons. The summed E-state index contributed by atoms with van der Waals surface area (Å²) in [4.78, 5) is 15.3. The fraction of sp³-hybridized carbons (Fsp3) is 0.367. The van der Waals surface area contributed by atoms with E-state index in [1.54, 1.807) is 19.2 Å². The van der Waals surface area contributed by atoms with Crippen LogP contribution in [0.5, 0.6) is 17.2 Å². The second-order valence-electron chi connectivity index (χ2n) is 9.51. The highest BCUT2D eigenvalue weighted by Crippen LogP contribution is 2.32. The minimum atomic E-state index is 0.0439. The Balaban J connectivity index is 1.27. The van der Waals surface area contributed by atoms with Gasteiger partial charge < -0.3 is 19.9 Å². The lowest BCUT2D eigenvalue weighted by Crippen LogP contribution is -2.33. The number of hydrogen-bond acceptors (Lipinski definition) is 6. The molecule has 1 heterocycles. The van der Waals surface area contributed by atoms with Gasteiger partial charge in [0, 0.05) is 19.0 Å². The van der Waals surface area contributed by atoms with Crippen LogP contribution in [0.3, 0.4) is 0 Å². The fourth-order valence-corrected chi connectivity index (χ4v) is 4.95. The maximum absolute atomic E-state index is 12.9. The molecule has 4 rings (SSSR count). The number of Topliss-reactive ketones (excluding diaryl/α,β-unsaturated/α-hetero) is 1. The van der Waals surface area contributed by atoms with Crippen molar-refractivity contribution in [1.82, 2.24) is 4.90 Å². The van der Waals surface area contributed by atoms with Crippen LogP contribution in [0.25, 0.3) is 0 Å². The number of ketones is 1. The summed E-state index contributed by atoms with van der Waals surface area (Å²) in [7, 11) is 3.20. The van der Waals surface area contributed by atoms with E-state index in [0.29, 0.717) is 41.0 Å². The molecule has 0 spiro atoms. The summed E-state index contributed by atoms with van der Waals surface area (Å²) in [5.74, 6) is 2.55. The van der Waals surface area contributed by atoms with Crippen molar-refractivity contribution in [3.05, 3.63) is 82.4 Å². The lowest BCUT2D eigenvalue weighted by Gasteiger charge is -2.32. The van der Waals surface area contributed by atoms with Gasteiger partial charge in [0.05, 0.1) is 30.5 Å². The number of halogens is 1. The molecule has 3 aromatic carbocycles. The number of nitrogen functional groups attached to an aromatic ring is 1. The number of nitrogens with zero attached hydrogens (tertiary/aromatic N) is 1. The van der Waals surface area contributed by atoms with Crippen molar-refractivity contribution in [2.75, 3.05) is 33.0 Å². The van der Waals surface area contributed by atoms with Crippen LogP contribution in [0, 0.1) is 5.92 Å². The van der Waals surface area contributed by atoms with E-state index >= 15 is 0 Å². The highest BCUT2D eigenvalue weighted by Gasteiger charge is 2.22. The molecule has 3 aromatic rings. The van der Waals surface area contributed by atoms with Gasteiger partial charge >= 0.3 is 0 Å². The predicted octanol–water partition coefficient (Wildman–Crippen LogP) is 6.39. The number of carbonyl (C=O) groups excluding carboxylic acids is 1. The van der Waals surface area contributed by atoms with E-state index in [1.165, 1.54) is 12.7 Å². The van der Waals surface area contributed by atoms with Crippen LogP contribution < -0.4 is 19.9 Å². The van der Waals surface area contributed by atoms with Crippen molar-refractivity contribution in [2.45, 2.75) is 38.8 Å². The normalized spacial score (nSPS) is 14.4. The first-order valence-corrected chi connectivity index (χ1v) is 13.1. The van der Waals surface area contributed by atoms with Gasteiger partial charge in [-0.15, -0.1) is 0 Å². The van der Waals surface area contributed by atoms with E-state index in [1.807, 2.05) is 24.3 Å². The first-order chi connectivity index (χ1) is 18.0. The van der Waals surface area contributed by atoms with Crippen LogP contribution in [0.1, 0.15) is 47.2 Å². The molecule has 0 atom stereocenters. The Bertz CT molecular complexity index is 1190. The number of ether oxygens (including phenoxy) is 3. The highest BCUT2D eigenvalue weighted by atomic mass is 35.5. The SMILES string of the molecule is COc1ccc(CN2CCC(CCC(=O)c3cc(Cl)c(N)cc3OC)CC2)cc1OCc1ccccc1. The number of rotatable bonds is 11. The first-order valence-electron chi connectivity index (χ1n) is 12.7. The van der Waals surface area contributed by atoms with Crippen LogP contribution >= 0.6 is 11.6 Å². The van der Waals surface area contributed by atoms with Crippen molar-refractivity contribution < 1.29 is 19.0 Å². The number of nitrogens with two attached hydrogens (primary N) is 1. The molecule has 2 N–H and O–H groups in total. The summed E-state index contributed by atoms with van der Waals surface area (Å²) in [5.41, 5.74) is 9.08. The van der Waals surface area contributed by atoms with Crippen LogP contribution in [0.4, 0.5) is 5.69 Å². The Morgan fingerprint density at radius 3 is 2.38 bits per heavy atom. The maximum atomic E-state index is 12.9. The van der Waals surface area contributed by atoms with E-state index in [0.717, 1.165) is 56.0 Å². The minimum Gasteiger partial charge on any atom is -0.496 e. The molecule has 1 saturated heterocycles. The average Bonchev–Trinajstić information content (AvgIpc) is 2.93. The Kier molecular flexibility index (Phi) is 9.31. The molecule has 196 valence electrons. The molecule has 0 amide bonds. The predicted molar refractivity (Wildman–Crippen MR) is 148 cm³/mol. The fourth-order valence-electron chi connectivity index (χ4n) is 4.78. The molecule has 6 nitrogen and oxygen atoms in total. The zero-order chi connectivity index (χ0) is 26.2. The molecule has 37 heavy (non-hydrogen) atoms. The van der Waals surface area contributed by atoms with Gasteiger partial charge in [0.1, 0.15) is 12.4 Å². The minimum absolute atomic E-state index is 0.0439. The Morgan fingerprint density at radius 2 is 1.68 bits per heavy atom. The third-order valence-corrected chi connectivity index (χ3v) is 7.30. The number of piperidine rings is 1. The zero-order valence-electron chi connectivity index (χ0n) is 21.5. The Hall–Kier alpha value is -3.22. The van der Waals surface area contributed by atoms with E-state index in [9.17, 15) is 4.79 Å². The molecular weight excluding hydrogens is 488 g/mol. The molecular formula is C30H35ClN2O4. The van der Waals surface area contributed by atoms with E-state index in [-0.39, 0.29) is 5.78 Å². The molecule has 0 unspecified atom stereocenters. The number of hydrogen-bond donors (Lipinski definition) is 1. The second kappa shape index (κ2) is 12.8. The van der Waals surface area contributed by atoms with Gasteiger partial charge in [-0.25, -0.2) is 0 Å². The average molecular weight is 523 g/mol. The van der Waals surface area contributed by atoms with Crippen molar-refractivity contribution in [1.29, 1.82) is 0 Å². The van der Waals surface area contributed by atoms with Gasteiger partial charge in [-0.05, 0) is 67.6 Å². The summed E-state index contributed by atoms with van der Waals surface area (Å²) in [6, 6.07) is 19.5.